The minimum atomic E-state index is 0.674. The summed E-state index contributed by atoms with van der Waals surface area (Å²) in [7, 11) is 0. The average molecular weight is 187 g/mol. The van der Waals surface area contributed by atoms with E-state index in [9.17, 15) is 0 Å². The zero-order valence-electron chi connectivity index (χ0n) is 7.90. The molecular weight excluding hydrogens is 174 g/mol. The van der Waals surface area contributed by atoms with E-state index in [1.165, 1.54) is 5.69 Å². The van der Waals surface area contributed by atoms with Crippen molar-refractivity contribution < 1.29 is 0 Å². The van der Waals surface area contributed by atoms with Crippen LogP contribution < -0.4 is 5.73 Å². The van der Waals surface area contributed by atoms with E-state index in [0.717, 1.165) is 17.7 Å². The molecule has 0 amide bonds. The van der Waals surface area contributed by atoms with Gasteiger partial charge in [0.2, 0.25) is 0 Å². The van der Waals surface area contributed by atoms with Gasteiger partial charge in [-0.25, -0.2) is 0 Å². The van der Waals surface area contributed by atoms with E-state index in [1.54, 1.807) is 6.20 Å². The number of nitrogens with one attached hydrogen (secondary N) is 1. The summed E-state index contributed by atoms with van der Waals surface area (Å²) < 4.78 is 0. The molecule has 0 fully saturated rings. The number of rotatable bonds is 3. The highest BCUT2D eigenvalue weighted by Crippen LogP contribution is 2.16. The van der Waals surface area contributed by atoms with Gasteiger partial charge in [-0.1, -0.05) is 0 Å². The van der Waals surface area contributed by atoms with E-state index in [4.69, 9.17) is 5.73 Å². The Morgan fingerprint density at radius 1 is 1.29 bits per heavy atom. The molecule has 0 atom stereocenters. The maximum atomic E-state index is 5.48. The summed E-state index contributed by atoms with van der Waals surface area (Å²) in [6.45, 7) is 0.674. The van der Waals surface area contributed by atoms with E-state index < -0.39 is 0 Å². The van der Waals surface area contributed by atoms with E-state index in [-0.39, 0.29) is 0 Å². The molecule has 0 spiro atoms. The lowest BCUT2D eigenvalue weighted by Crippen LogP contribution is -2.02. The molecule has 0 unspecified atom stereocenters. The Hall–Kier alpha value is -1.61. The van der Waals surface area contributed by atoms with Crippen molar-refractivity contribution in [2.45, 2.75) is 6.42 Å². The predicted octanol–water partition coefficient (Wildman–Crippen LogP) is 1.58. The molecule has 3 N–H and O–H groups in total. The maximum absolute atomic E-state index is 5.48. The van der Waals surface area contributed by atoms with Crippen molar-refractivity contribution >= 4 is 0 Å². The van der Waals surface area contributed by atoms with Crippen LogP contribution in [0.25, 0.3) is 11.3 Å². The highest BCUT2D eigenvalue weighted by molar-refractivity contribution is 5.58. The molecule has 2 aromatic rings. The molecule has 2 heterocycles. The third-order valence-corrected chi connectivity index (χ3v) is 2.13. The number of hydrogen-bond donors (Lipinski definition) is 2. The Balaban J connectivity index is 2.25. The molecule has 0 saturated carbocycles. The monoisotopic (exact) mass is 187 g/mol. The third-order valence-electron chi connectivity index (χ3n) is 2.13. The van der Waals surface area contributed by atoms with Crippen LogP contribution in [0.4, 0.5) is 0 Å². The van der Waals surface area contributed by atoms with Crippen LogP contribution >= 0.6 is 0 Å². The van der Waals surface area contributed by atoms with Gasteiger partial charge in [0.05, 0.1) is 0 Å². The first-order valence-corrected chi connectivity index (χ1v) is 4.68. The molecule has 0 saturated heterocycles. The van der Waals surface area contributed by atoms with Gasteiger partial charge >= 0.3 is 0 Å². The maximum Gasteiger partial charge on any atom is 0.0471 e. The molecule has 2 rings (SSSR count). The van der Waals surface area contributed by atoms with Gasteiger partial charge < -0.3 is 10.7 Å². The van der Waals surface area contributed by atoms with E-state index in [1.807, 2.05) is 18.3 Å². The van der Waals surface area contributed by atoms with Gasteiger partial charge in [0, 0.05) is 29.3 Å². The van der Waals surface area contributed by atoms with Gasteiger partial charge in [-0.2, -0.15) is 0 Å². The SMILES string of the molecule is NCCc1ccc(-c2cccnc2)[nH]1. The van der Waals surface area contributed by atoms with E-state index in [0.29, 0.717) is 6.54 Å². The van der Waals surface area contributed by atoms with Crippen LogP contribution in [0.15, 0.2) is 36.7 Å². The zero-order chi connectivity index (χ0) is 9.80. The Kier molecular flexibility index (Phi) is 2.60. The van der Waals surface area contributed by atoms with Crippen molar-refractivity contribution in [3.63, 3.8) is 0 Å². The lowest BCUT2D eigenvalue weighted by atomic mass is 10.2. The van der Waals surface area contributed by atoms with Crippen LogP contribution in [0.1, 0.15) is 5.69 Å². The normalized spacial score (nSPS) is 10.4. The third kappa shape index (κ3) is 1.83. The zero-order valence-corrected chi connectivity index (χ0v) is 7.90. The molecule has 0 aliphatic heterocycles. The Morgan fingerprint density at radius 2 is 2.21 bits per heavy atom. The summed E-state index contributed by atoms with van der Waals surface area (Å²) in [5, 5.41) is 0. The molecule has 14 heavy (non-hydrogen) atoms. The van der Waals surface area contributed by atoms with Gasteiger partial charge in [0.25, 0.3) is 0 Å². The van der Waals surface area contributed by atoms with Gasteiger partial charge in [-0.3, -0.25) is 4.98 Å². The standard InChI is InChI=1S/C11H13N3/c12-6-5-10-3-4-11(14-10)9-2-1-7-13-8-9/h1-4,7-8,14H,5-6,12H2. The summed E-state index contributed by atoms with van der Waals surface area (Å²) in [5.41, 5.74) is 8.85. The molecule has 0 aromatic carbocycles. The molecule has 0 radical (unpaired) electrons. The van der Waals surface area contributed by atoms with Crippen molar-refractivity contribution in [3.8, 4) is 11.3 Å². The van der Waals surface area contributed by atoms with Crippen LogP contribution in [-0.2, 0) is 6.42 Å². The number of aromatic amines is 1. The highest BCUT2D eigenvalue weighted by Gasteiger charge is 2.00. The minimum Gasteiger partial charge on any atom is -0.358 e. The topological polar surface area (TPSA) is 54.7 Å². The largest absolute Gasteiger partial charge is 0.358 e. The molecule has 2 aromatic heterocycles. The smallest absolute Gasteiger partial charge is 0.0471 e. The Morgan fingerprint density at radius 3 is 2.93 bits per heavy atom. The quantitative estimate of drug-likeness (QED) is 0.766. The van der Waals surface area contributed by atoms with Crippen LogP contribution in [0.3, 0.4) is 0 Å². The number of pyridine rings is 1. The average Bonchev–Trinajstić information content (AvgIpc) is 2.68. The predicted molar refractivity (Wildman–Crippen MR) is 56.8 cm³/mol. The first-order valence-electron chi connectivity index (χ1n) is 4.68. The highest BCUT2D eigenvalue weighted by atomic mass is 14.7. The van der Waals surface area contributed by atoms with Crippen molar-refractivity contribution in [2.75, 3.05) is 6.54 Å². The number of H-pyrrole nitrogens is 1. The first-order chi connectivity index (χ1) is 6.90. The van der Waals surface area contributed by atoms with Crippen LogP contribution in [0.5, 0.6) is 0 Å². The minimum absolute atomic E-state index is 0.674. The lowest BCUT2D eigenvalue weighted by molar-refractivity contribution is 0.936. The Labute approximate surface area is 83.0 Å². The van der Waals surface area contributed by atoms with E-state index in [2.05, 4.69) is 22.1 Å². The molecule has 72 valence electrons. The Bertz CT molecular complexity index is 392. The molecular formula is C11H13N3. The van der Waals surface area contributed by atoms with Crippen LogP contribution in [-0.4, -0.2) is 16.5 Å². The number of nitrogens with two attached hydrogens (primary N) is 1. The summed E-state index contributed by atoms with van der Waals surface area (Å²) in [6.07, 6.45) is 4.51. The van der Waals surface area contributed by atoms with E-state index >= 15 is 0 Å². The van der Waals surface area contributed by atoms with Gasteiger partial charge in [-0.05, 0) is 37.2 Å². The second-order valence-corrected chi connectivity index (χ2v) is 3.18. The van der Waals surface area contributed by atoms with Crippen molar-refractivity contribution in [1.82, 2.24) is 9.97 Å². The van der Waals surface area contributed by atoms with Crippen LogP contribution in [0.2, 0.25) is 0 Å². The second kappa shape index (κ2) is 4.07. The molecule has 0 aliphatic carbocycles. The summed E-state index contributed by atoms with van der Waals surface area (Å²) >= 11 is 0. The van der Waals surface area contributed by atoms with Crippen LogP contribution in [0, 0.1) is 0 Å². The van der Waals surface area contributed by atoms with Crippen molar-refractivity contribution in [2.24, 2.45) is 5.73 Å². The summed E-state index contributed by atoms with van der Waals surface area (Å²) in [4.78, 5) is 7.38. The summed E-state index contributed by atoms with van der Waals surface area (Å²) in [6, 6.07) is 8.08. The number of hydrogen-bond acceptors (Lipinski definition) is 2. The van der Waals surface area contributed by atoms with Gasteiger partial charge in [0.1, 0.15) is 0 Å². The van der Waals surface area contributed by atoms with Crippen molar-refractivity contribution in [3.05, 3.63) is 42.4 Å². The van der Waals surface area contributed by atoms with Crippen molar-refractivity contribution in [1.29, 1.82) is 0 Å². The van der Waals surface area contributed by atoms with Gasteiger partial charge in [-0.15, -0.1) is 0 Å². The summed E-state index contributed by atoms with van der Waals surface area (Å²) in [5.74, 6) is 0. The molecule has 0 aliphatic rings. The second-order valence-electron chi connectivity index (χ2n) is 3.18. The fraction of sp³-hybridized carbons (Fsp3) is 0.182. The molecule has 3 nitrogen and oxygen atoms in total. The lowest BCUT2D eigenvalue weighted by Gasteiger charge is -1.96. The molecule has 3 heteroatoms. The number of nitrogens with zero attached hydrogens (tertiary/aromatic N) is 1. The molecule has 0 bridgehead atoms. The first kappa shape index (κ1) is 8.97. The van der Waals surface area contributed by atoms with Gasteiger partial charge in [0.15, 0.2) is 0 Å². The fourth-order valence-electron chi connectivity index (χ4n) is 1.43. The fourth-order valence-corrected chi connectivity index (χ4v) is 1.43. The number of aromatic nitrogens is 2.